The maximum Gasteiger partial charge on any atom is 0.335 e. The van der Waals surface area contributed by atoms with Crippen LogP contribution in [0, 0.1) is 0 Å². The first kappa shape index (κ1) is 13.6. The molecule has 2 rings (SSSR count). The first-order valence-electron chi connectivity index (χ1n) is 5.59. The van der Waals surface area contributed by atoms with Gasteiger partial charge in [-0.1, -0.05) is 29.8 Å². The first-order valence-corrected chi connectivity index (χ1v) is 6.84. The average molecular weight is 294 g/mol. The Morgan fingerprint density at radius 3 is 3.00 bits per heavy atom. The van der Waals surface area contributed by atoms with E-state index in [-0.39, 0.29) is 6.03 Å². The van der Waals surface area contributed by atoms with Crippen molar-refractivity contribution in [2.24, 2.45) is 5.10 Å². The van der Waals surface area contributed by atoms with E-state index in [4.69, 9.17) is 11.6 Å². The molecule has 4 nitrogen and oxygen atoms in total. The number of thiophene rings is 1. The second-order valence-corrected chi connectivity index (χ2v) is 5.11. The van der Waals surface area contributed by atoms with Crippen LogP contribution in [0.25, 0.3) is 0 Å². The van der Waals surface area contributed by atoms with Gasteiger partial charge in [0.05, 0.1) is 6.21 Å². The summed E-state index contributed by atoms with van der Waals surface area (Å²) in [5.74, 6) is 0. The highest BCUT2D eigenvalue weighted by atomic mass is 35.5. The number of nitrogens with zero attached hydrogens (tertiary/aromatic N) is 1. The smallest absolute Gasteiger partial charge is 0.333 e. The summed E-state index contributed by atoms with van der Waals surface area (Å²) >= 11 is 7.40. The zero-order chi connectivity index (χ0) is 13.5. The molecule has 6 heteroatoms. The van der Waals surface area contributed by atoms with Crippen LogP contribution in [0.2, 0.25) is 5.02 Å². The Balaban J connectivity index is 1.76. The molecule has 0 saturated carbocycles. The van der Waals surface area contributed by atoms with Crippen molar-refractivity contribution in [2.45, 2.75) is 6.54 Å². The van der Waals surface area contributed by atoms with E-state index >= 15 is 0 Å². The lowest BCUT2D eigenvalue weighted by molar-refractivity contribution is 0.241. The molecule has 1 aromatic carbocycles. The summed E-state index contributed by atoms with van der Waals surface area (Å²) in [5, 5.41) is 9.12. The maximum absolute atomic E-state index is 11.5. The van der Waals surface area contributed by atoms with Crippen LogP contribution in [0.4, 0.5) is 4.79 Å². The summed E-state index contributed by atoms with van der Waals surface area (Å²) < 4.78 is 0. The minimum absolute atomic E-state index is 0.354. The minimum Gasteiger partial charge on any atom is -0.333 e. The Labute approximate surface area is 120 Å². The van der Waals surface area contributed by atoms with Gasteiger partial charge in [-0.25, -0.2) is 10.2 Å². The average Bonchev–Trinajstić information content (AvgIpc) is 2.90. The van der Waals surface area contributed by atoms with E-state index in [0.717, 1.165) is 10.4 Å². The predicted octanol–water partition coefficient (Wildman–Crippen LogP) is 3.23. The van der Waals surface area contributed by atoms with Crippen molar-refractivity contribution in [3.05, 3.63) is 57.2 Å². The monoisotopic (exact) mass is 293 g/mol. The molecule has 1 aromatic heterocycles. The van der Waals surface area contributed by atoms with Gasteiger partial charge < -0.3 is 5.32 Å². The number of rotatable bonds is 4. The molecule has 0 spiro atoms. The van der Waals surface area contributed by atoms with Crippen molar-refractivity contribution < 1.29 is 4.79 Å². The van der Waals surface area contributed by atoms with E-state index in [2.05, 4.69) is 15.8 Å². The fraction of sp³-hybridized carbons (Fsp3) is 0.0769. The molecule has 0 fully saturated rings. The Morgan fingerprint density at radius 1 is 1.37 bits per heavy atom. The summed E-state index contributed by atoms with van der Waals surface area (Å²) in [7, 11) is 0. The van der Waals surface area contributed by atoms with Crippen LogP contribution in [0.1, 0.15) is 10.4 Å². The lowest BCUT2D eigenvalue weighted by atomic mass is 10.2. The number of hydrazone groups is 1. The van der Waals surface area contributed by atoms with Gasteiger partial charge in [-0.05, 0) is 29.1 Å². The summed E-state index contributed by atoms with van der Waals surface area (Å²) in [6.45, 7) is 0.404. The third-order valence-electron chi connectivity index (χ3n) is 2.24. The van der Waals surface area contributed by atoms with Crippen molar-refractivity contribution >= 4 is 35.2 Å². The third-order valence-corrected chi connectivity index (χ3v) is 3.29. The zero-order valence-electron chi connectivity index (χ0n) is 9.97. The Kier molecular flexibility index (Phi) is 4.94. The highest BCUT2D eigenvalue weighted by molar-refractivity contribution is 7.11. The number of benzene rings is 1. The molecule has 0 saturated heterocycles. The summed E-state index contributed by atoms with van der Waals surface area (Å²) in [5.41, 5.74) is 3.33. The molecule has 19 heavy (non-hydrogen) atoms. The van der Waals surface area contributed by atoms with E-state index in [1.165, 1.54) is 0 Å². The molecule has 2 amide bonds. The van der Waals surface area contributed by atoms with Crippen LogP contribution in [-0.2, 0) is 6.54 Å². The van der Waals surface area contributed by atoms with Crippen LogP contribution in [0.3, 0.4) is 0 Å². The molecule has 0 aliphatic rings. The lowest BCUT2D eigenvalue weighted by Crippen LogP contribution is -2.31. The van der Waals surface area contributed by atoms with Gasteiger partial charge in [0.25, 0.3) is 0 Å². The van der Waals surface area contributed by atoms with E-state index in [1.54, 1.807) is 29.7 Å². The van der Waals surface area contributed by atoms with E-state index in [0.29, 0.717) is 11.6 Å². The van der Waals surface area contributed by atoms with E-state index < -0.39 is 0 Å². The van der Waals surface area contributed by atoms with Gasteiger partial charge in [0, 0.05) is 16.4 Å². The fourth-order valence-electron chi connectivity index (χ4n) is 1.39. The number of hydrogen-bond acceptors (Lipinski definition) is 3. The molecule has 0 unspecified atom stereocenters. The molecular weight excluding hydrogens is 282 g/mol. The quantitative estimate of drug-likeness (QED) is 0.660. The van der Waals surface area contributed by atoms with Gasteiger partial charge in [-0.2, -0.15) is 5.10 Å². The number of amides is 2. The molecule has 0 aliphatic carbocycles. The van der Waals surface area contributed by atoms with Gasteiger partial charge in [-0.15, -0.1) is 11.3 Å². The molecule has 0 radical (unpaired) electrons. The normalized spacial score (nSPS) is 10.6. The number of urea groups is 1. The first-order chi connectivity index (χ1) is 9.24. The number of hydrogen-bond donors (Lipinski definition) is 2. The Morgan fingerprint density at radius 2 is 2.26 bits per heavy atom. The molecule has 0 atom stereocenters. The molecule has 1 heterocycles. The predicted molar refractivity (Wildman–Crippen MR) is 78.7 cm³/mol. The highest BCUT2D eigenvalue weighted by Gasteiger charge is 1.99. The standard InChI is InChI=1S/C13H12ClN3OS/c14-11-4-1-3-10(7-11)8-15-13(18)17-16-9-12-5-2-6-19-12/h1-7,9H,8H2,(H2,15,17,18)/b16-9+. The molecule has 2 N–H and O–H groups in total. The number of nitrogens with one attached hydrogen (secondary N) is 2. The summed E-state index contributed by atoms with van der Waals surface area (Å²) in [6, 6.07) is 10.8. The van der Waals surface area contributed by atoms with Gasteiger partial charge in [0.1, 0.15) is 0 Å². The Bertz CT molecular complexity index is 569. The second-order valence-electron chi connectivity index (χ2n) is 3.70. The van der Waals surface area contributed by atoms with Crippen molar-refractivity contribution in [1.82, 2.24) is 10.7 Å². The van der Waals surface area contributed by atoms with Crippen molar-refractivity contribution in [3.8, 4) is 0 Å². The minimum atomic E-state index is -0.354. The van der Waals surface area contributed by atoms with Gasteiger partial charge in [0.15, 0.2) is 0 Å². The topological polar surface area (TPSA) is 53.5 Å². The van der Waals surface area contributed by atoms with Crippen molar-refractivity contribution in [2.75, 3.05) is 0 Å². The third kappa shape index (κ3) is 4.73. The lowest BCUT2D eigenvalue weighted by Gasteiger charge is -2.04. The Hall–Kier alpha value is -1.85. The number of carbonyl (C=O) groups excluding carboxylic acids is 1. The molecule has 2 aromatic rings. The molecular formula is C13H12ClN3OS. The van der Waals surface area contributed by atoms with Gasteiger partial charge in [-0.3, -0.25) is 0 Å². The second kappa shape index (κ2) is 6.92. The van der Waals surface area contributed by atoms with Crippen LogP contribution in [0.5, 0.6) is 0 Å². The van der Waals surface area contributed by atoms with Crippen LogP contribution in [-0.4, -0.2) is 12.2 Å². The van der Waals surface area contributed by atoms with Crippen LogP contribution in [0.15, 0.2) is 46.9 Å². The summed E-state index contributed by atoms with van der Waals surface area (Å²) in [6.07, 6.45) is 1.60. The van der Waals surface area contributed by atoms with Crippen molar-refractivity contribution in [3.63, 3.8) is 0 Å². The largest absolute Gasteiger partial charge is 0.335 e. The number of halogens is 1. The highest BCUT2D eigenvalue weighted by Crippen LogP contribution is 2.10. The van der Waals surface area contributed by atoms with E-state index in [9.17, 15) is 4.79 Å². The SMILES string of the molecule is O=C(NCc1cccc(Cl)c1)N/N=C/c1cccs1. The van der Waals surface area contributed by atoms with Gasteiger partial charge in [0.2, 0.25) is 0 Å². The zero-order valence-corrected chi connectivity index (χ0v) is 11.5. The van der Waals surface area contributed by atoms with Crippen LogP contribution >= 0.6 is 22.9 Å². The van der Waals surface area contributed by atoms with Crippen molar-refractivity contribution in [1.29, 1.82) is 0 Å². The molecule has 98 valence electrons. The summed E-state index contributed by atoms with van der Waals surface area (Å²) in [4.78, 5) is 12.4. The number of carbonyl (C=O) groups is 1. The molecule has 0 bridgehead atoms. The maximum atomic E-state index is 11.5. The van der Waals surface area contributed by atoms with Crippen LogP contribution < -0.4 is 10.7 Å². The van der Waals surface area contributed by atoms with E-state index in [1.807, 2.05) is 29.6 Å². The molecule has 0 aliphatic heterocycles. The fourth-order valence-corrected chi connectivity index (χ4v) is 2.19. The van der Waals surface area contributed by atoms with Gasteiger partial charge >= 0.3 is 6.03 Å².